The van der Waals surface area contributed by atoms with E-state index in [4.69, 9.17) is 4.74 Å². The summed E-state index contributed by atoms with van der Waals surface area (Å²) in [6.45, 7) is 0.900. The zero-order valence-corrected chi connectivity index (χ0v) is 7.77. The molecular weight excluding hydrogens is 203 g/mol. The van der Waals surface area contributed by atoms with Gasteiger partial charge in [-0.3, -0.25) is 10.1 Å². The van der Waals surface area contributed by atoms with Crippen LogP contribution in [0, 0.1) is 15.9 Å². The quantitative estimate of drug-likeness (QED) is 0.609. The van der Waals surface area contributed by atoms with E-state index in [1.54, 1.807) is 0 Å². The number of rotatable bonds is 3. The maximum absolute atomic E-state index is 13.3. The summed E-state index contributed by atoms with van der Waals surface area (Å²) in [5.41, 5.74) is -0.308. The standard InChI is InChI=1S/C9H9FN2O3/c10-7-2-1-3-8(12(13)14)9(7)11-6-4-15-5-6/h1-3,6,11H,4-5H2. The third-order valence-corrected chi connectivity index (χ3v) is 2.17. The molecule has 80 valence electrons. The van der Waals surface area contributed by atoms with Crippen LogP contribution in [0.4, 0.5) is 15.8 Å². The number of nitrogens with zero attached hydrogens (tertiary/aromatic N) is 1. The monoisotopic (exact) mass is 212 g/mol. The van der Waals surface area contributed by atoms with Crippen molar-refractivity contribution in [2.24, 2.45) is 0 Å². The van der Waals surface area contributed by atoms with Crippen LogP contribution in [0.2, 0.25) is 0 Å². The second kappa shape index (κ2) is 3.82. The minimum Gasteiger partial charge on any atom is -0.377 e. The van der Waals surface area contributed by atoms with Crippen molar-refractivity contribution < 1.29 is 14.1 Å². The average molecular weight is 212 g/mol. The van der Waals surface area contributed by atoms with Crippen molar-refractivity contribution in [3.05, 3.63) is 34.1 Å². The van der Waals surface area contributed by atoms with Crippen molar-refractivity contribution >= 4 is 11.4 Å². The zero-order valence-electron chi connectivity index (χ0n) is 7.77. The molecule has 1 aromatic rings. The molecule has 0 spiro atoms. The Morgan fingerprint density at radius 1 is 1.53 bits per heavy atom. The van der Waals surface area contributed by atoms with Gasteiger partial charge >= 0.3 is 0 Å². The number of hydrogen-bond acceptors (Lipinski definition) is 4. The first kappa shape index (κ1) is 9.85. The summed E-state index contributed by atoms with van der Waals surface area (Å²) in [5, 5.41) is 13.4. The first-order valence-electron chi connectivity index (χ1n) is 4.45. The van der Waals surface area contributed by atoms with Gasteiger partial charge in [0.25, 0.3) is 5.69 Å². The number of ether oxygens (including phenoxy) is 1. The van der Waals surface area contributed by atoms with Crippen LogP contribution in [-0.4, -0.2) is 24.2 Å². The molecule has 0 atom stereocenters. The number of benzene rings is 1. The van der Waals surface area contributed by atoms with E-state index < -0.39 is 10.7 Å². The second-order valence-electron chi connectivity index (χ2n) is 3.27. The molecular formula is C9H9FN2O3. The molecule has 2 rings (SSSR count). The maximum Gasteiger partial charge on any atom is 0.295 e. The van der Waals surface area contributed by atoms with Crippen molar-refractivity contribution in [1.82, 2.24) is 0 Å². The summed E-state index contributed by atoms with van der Waals surface area (Å²) in [6, 6.07) is 3.73. The summed E-state index contributed by atoms with van der Waals surface area (Å²) in [4.78, 5) is 10.0. The van der Waals surface area contributed by atoms with Gasteiger partial charge in [0, 0.05) is 6.07 Å². The van der Waals surface area contributed by atoms with Gasteiger partial charge in [-0.25, -0.2) is 4.39 Å². The summed E-state index contributed by atoms with van der Waals surface area (Å²) >= 11 is 0. The lowest BCUT2D eigenvalue weighted by Gasteiger charge is -2.27. The molecule has 0 aromatic heterocycles. The Balaban J connectivity index is 2.29. The van der Waals surface area contributed by atoms with Gasteiger partial charge in [0.1, 0.15) is 5.69 Å². The summed E-state index contributed by atoms with van der Waals surface area (Å²) in [6.07, 6.45) is 0. The van der Waals surface area contributed by atoms with E-state index in [9.17, 15) is 14.5 Å². The molecule has 1 N–H and O–H groups in total. The van der Waals surface area contributed by atoms with E-state index in [-0.39, 0.29) is 17.4 Å². The molecule has 1 aromatic carbocycles. The molecule has 1 aliphatic heterocycles. The molecule has 1 saturated heterocycles. The Hall–Kier alpha value is -1.69. The molecule has 5 nitrogen and oxygen atoms in total. The highest BCUT2D eigenvalue weighted by molar-refractivity contribution is 5.62. The Morgan fingerprint density at radius 3 is 2.80 bits per heavy atom. The number of nitro groups is 1. The number of para-hydroxylation sites is 1. The largest absolute Gasteiger partial charge is 0.377 e. The zero-order chi connectivity index (χ0) is 10.8. The van der Waals surface area contributed by atoms with Crippen LogP contribution in [0.3, 0.4) is 0 Å². The Kier molecular flexibility index (Phi) is 2.51. The third kappa shape index (κ3) is 1.89. The summed E-state index contributed by atoms with van der Waals surface area (Å²) < 4.78 is 18.2. The van der Waals surface area contributed by atoms with E-state index in [0.717, 1.165) is 0 Å². The van der Waals surface area contributed by atoms with Crippen LogP contribution >= 0.6 is 0 Å². The van der Waals surface area contributed by atoms with Gasteiger partial charge in [-0.2, -0.15) is 0 Å². The molecule has 1 aliphatic rings. The fourth-order valence-corrected chi connectivity index (χ4v) is 1.33. The lowest BCUT2D eigenvalue weighted by Crippen LogP contribution is -2.40. The van der Waals surface area contributed by atoms with Crippen LogP contribution in [0.1, 0.15) is 0 Å². The normalized spacial score (nSPS) is 15.8. The van der Waals surface area contributed by atoms with Crippen LogP contribution in [0.15, 0.2) is 18.2 Å². The smallest absolute Gasteiger partial charge is 0.295 e. The van der Waals surface area contributed by atoms with Crippen molar-refractivity contribution in [2.45, 2.75) is 6.04 Å². The van der Waals surface area contributed by atoms with E-state index in [2.05, 4.69) is 5.32 Å². The first-order chi connectivity index (χ1) is 7.18. The molecule has 0 amide bonds. The predicted molar refractivity (Wildman–Crippen MR) is 51.3 cm³/mol. The average Bonchev–Trinajstić information content (AvgIpc) is 2.12. The van der Waals surface area contributed by atoms with Crippen molar-refractivity contribution in [3.63, 3.8) is 0 Å². The van der Waals surface area contributed by atoms with E-state index >= 15 is 0 Å². The highest BCUT2D eigenvalue weighted by Crippen LogP contribution is 2.28. The SMILES string of the molecule is O=[N+]([O-])c1cccc(F)c1NC1COC1. The van der Waals surface area contributed by atoms with E-state index in [0.29, 0.717) is 13.2 Å². The molecule has 0 bridgehead atoms. The topological polar surface area (TPSA) is 64.4 Å². The van der Waals surface area contributed by atoms with Gasteiger partial charge in [-0.05, 0) is 6.07 Å². The molecule has 15 heavy (non-hydrogen) atoms. The minimum atomic E-state index is -0.615. The van der Waals surface area contributed by atoms with Crippen molar-refractivity contribution in [3.8, 4) is 0 Å². The van der Waals surface area contributed by atoms with Crippen LogP contribution in [-0.2, 0) is 4.74 Å². The van der Waals surface area contributed by atoms with Gasteiger partial charge in [0.05, 0.1) is 24.2 Å². The Bertz CT molecular complexity index is 393. The molecule has 0 unspecified atom stereocenters. The Morgan fingerprint density at radius 2 is 2.27 bits per heavy atom. The minimum absolute atomic E-state index is 0.0411. The molecule has 1 heterocycles. The number of halogens is 1. The van der Waals surface area contributed by atoms with Crippen LogP contribution < -0.4 is 5.32 Å². The van der Waals surface area contributed by atoms with Gasteiger partial charge in [0.2, 0.25) is 0 Å². The number of nitrogens with one attached hydrogen (secondary N) is 1. The highest BCUT2D eigenvalue weighted by atomic mass is 19.1. The van der Waals surface area contributed by atoms with Gasteiger partial charge in [-0.1, -0.05) is 6.07 Å². The van der Waals surface area contributed by atoms with E-state index in [1.807, 2.05) is 0 Å². The fourth-order valence-electron chi connectivity index (χ4n) is 1.33. The lowest BCUT2D eigenvalue weighted by molar-refractivity contribution is -0.384. The Labute approximate surface area is 85.0 Å². The van der Waals surface area contributed by atoms with Crippen molar-refractivity contribution in [2.75, 3.05) is 18.5 Å². The van der Waals surface area contributed by atoms with Gasteiger partial charge < -0.3 is 10.1 Å². The predicted octanol–water partition coefficient (Wildman–Crippen LogP) is 1.54. The van der Waals surface area contributed by atoms with E-state index in [1.165, 1.54) is 18.2 Å². The molecule has 1 fully saturated rings. The van der Waals surface area contributed by atoms with Gasteiger partial charge in [-0.15, -0.1) is 0 Å². The first-order valence-corrected chi connectivity index (χ1v) is 4.45. The number of nitro benzene ring substituents is 1. The fraction of sp³-hybridized carbons (Fsp3) is 0.333. The maximum atomic E-state index is 13.3. The highest BCUT2D eigenvalue weighted by Gasteiger charge is 2.24. The van der Waals surface area contributed by atoms with Crippen molar-refractivity contribution in [1.29, 1.82) is 0 Å². The number of hydrogen-bond donors (Lipinski definition) is 1. The second-order valence-corrected chi connectivity index (χ2v) is 3.27. The van der Waals surface area contributed by atoms with Gasteiger partial charge in [0.15, 0.2) is 5.82 Å². The summed E-state index contributed by atoms with van der Waals surface area (Å²) in [5.74, 6) is -0.615. The molecule has 0 radical (unpaired) electrons. The summed E-state index contributed by atoms with van der Waals surface area (Å²) in [7, 11) is 0. The molecule has 0 saturated carbocycles. The molecule has 0 aliphatic carbocycles. The number of anilines is 1. The molecule has 6 heteroatoms. The third-order valence-electron chi connectivity index (χ3n) is 2.17. The lowest BCUT2D eigenvalue weighted by atomic mass is 10.2. The van der Waals surface area contributed by atoms with Crippen LogP contribution in [0.5, 0.6) is 0 Å². The van der Waals surface area contributed by atoms with Crippen LogP contribution in [0.25, 0.3) is 0 Å².